The van der Waals surface area contributed by atoms with Gasteiger partial charge in [-0.25, -0.2) is 22.0 Å². The van der Waals surface area contributed by atoms with E-state index < -0.39 is 42.6 Å². The van der Waals surface area contributed by atoms with Crippen molar-refractivity contribution in [1.29, 1.82) is 0 Å². The Labute approximate surface area is 147 Å². The lowest BCUT2D eigenvalue weighted by Crippen LogP contribution is -2.49. The van der Waals surface area contributed by atoms with E-state index in [0.29, 0.717) is 16.3 Å². The molecular weight excluding hydrogens is 383 g/mol. The fourth-order valence-electron chi connectivity index (χ4n) is 2.30. The van der Waals surface area contributed by atoms with Gasteiger partial charge in [-0.15, -0.1) is 0 Å². The first-order valence-corrected chi connectivity index (χ1v) is 10.4. The Hall–Kier alpha value is -1.64. The number of halogens is 6. The Morgan fingerprint density at radius 2 is 1.44 bits per heavy atom. The molecule has 0 heterocycles. The van der Waals surface area contributed by atoms with E-state index in [4.69, 9.17) is 20.8 Å². The minimum absolute atomic E-state index is 0.140. The summed E-state index contributed by atoms with van der Waals surface area (Å²) in [7, 11) is -2.07. The van der Waals surface area contributed by atoms with E-state index in [1.165, 1.54) is 26.3 Å². The highest BCUT2D eigenvalue weighted by atomic mass is 35.5. The average molecular weight is 397 g/mol. The van der Waals surface area contributed by atoms with Gasteiger partial charge in [0.1, 0.15) is 5.75 Å². The van der Waals surface area contributed by atoms with Gasteiger partial charge in [0.2, 0.25) is 14.1 Å². The second kappa shape index (κ2) is 7.31. The molecule has 0 unspecified atom stereocenters. The molecule has 0 saturated heterocycles. The number of hydrogen-bond donors (Lipinski definition) is 0. The standard InChI is InChI=1S/C16H14ClF5O2Si/c1-23-10-6-9(17)5-4-8(10)7-24-25(2,3)16-14(21)12(19)11(18)13(20)15(16)22/h4-6H,7H2,1-3H3. The van der Waals surface area contributed by atoms with Crippen LogP contribution >= 0.6 is 11.6 Å². The van der Waals surface area contributed by atoms with Gasteiger partial charge < -0.3 is 9.16 Å². The Morgan fingerprint density at radius 1 is 0.920 bits per heavy atom. The molecule has 9 heteroatoms. The van der Waals surface area contributed by atoms with Crippen LogP contribution in [0.4, 0.5) is 22.0 Å². The summed E-state index contributed by atoms with van der Waals surface area (Å²) in [5.41, 5.74) is 0.524. The van der Waals surface area contributed by atoms with Gasteiger partial charge in [0, 0.05) is 15.8 Å². The van der Waals surface area contributed by atoms with Crippen LogP contribution in [0.15, 0.2) is 18.2 Å². The van der Waals surface area contributed by atoms with Crippen LogP contribution in [-0.4, -0.2) is 15.4 Å². The molecule has 0 aliphatic carbocycles. The number of hydrogen-bond acceptors (Lipinski definition) is 2. The van der Waals surface area contributed by atoms with E-state index in [0.717, 1.165) is 0 Å². The summed E-state index contributed by atoms with van der Waals surface area (Å²) in [4.78, 5) is 0. The molecule has 0 N–H and O–H groups in total. The highest BCUT2D eigenvalue weighted by Crippen LogP contribution is 2.26. The van der Waals surface area contributed by atoms with E-state index in [-0.39, 0.29) is 6.61 Å². The molecule has 0 radical (unpaired) electrons. The molecule has 0 aliphatic heterocycles. The monoisotopic (exact) mass is 396 g/mol. The van der Waals surface area contributed by atoms with Crippen molar-refractivity contribution < 1.29 is 31.1 Å². The third-order valence-corrected chi connectivity index (χ3v) is 6.39. The highest BCUT2D eigenvalue weighted by molar-refractivity contribution is 6.84. The normalized spacial score (nSPS) is 11.7. The molecule has 0 bridgehead atoms. The molecule has 0 saturated carbocycles. The molecule has 0 spiro atoms. The minimum Gasteiger partial charge on any atom is -0.496 e. The van der Waals surface area contributed by atoms with Crippen molar-refractivity contribution in [2.75, 3.05) is 7.11 Å². The fourth-order valence-corrected chi connectivity index (χ4v) is 4.40. The van der Waals surface area contributed by atoms with Crippen LogP contribution < -0.4 is 9.92 Å². The van der Waals surface area contributed by atoms with Crippen molar-refractivity contribution in [3.05, 3.63) is 57.9 Å². The van der Waals surface area contributed by atoms with Crippen molar-refractivity contribution >= 4 is 25.1 Å². The minimum atomic E-state index is -3.47. The molecule has 0 atom stereocenters. The van der Waals surface area contributed by atoms with Gasteiger partial charge in [-0.1, -0.05) is 17.7 Å². The quantitative estimate of drug-likeness (QED) is 0.316. The lowest BCUT2D eigenvalue weighted by molar-refractivity contribution is 0.291. The number of benzene rings is 2. The fraction of sp³-hybridized carbons (Fsp3) is 0.250. The molecule has 2 aromatic carbocycles. The number of rotatable bonds is 5. The zero-order chi connectivity index (χ0) is 18.9. The average Bonchev–Trinajstić information content (AvgIpc) is 2.57. The Bertz CT molecular complexity index is 785. The van der Waals surface area contributed by atoms with Crippen molar-refractivity contribution in [2.45, 2.75) is 19.7 Å². The van der Waals surface area contributed by atoms with E-state index in [9.17, 15) is 22.0 Å². The van der Waals surface area contributed by atoms with Crippen molar-refractivity contribution in [3.63, 3.8) is 0 Å². The van der Waals surface area contributed by atoms with Crippen LogP contribution in [0, 0.1) is 29.1 Å². The van der Waals surface area contributed by atoms with Crippen LogP contribution in [0.25, 0.3) is 0 Å². The molecule has 0 aliphatic rings. The zero-order valence-electron chi connectivity index (χ0n) is 13.5. The molecule has 0 amide bonds. The summed E-state index contributed by atoms with van der Waals surface area (Å²) < 4.78 is 78.8. The van der Waals surface area contributed by atoms with Gasteiger partial charge >= 0.3 is 0 Å². The molecule has 0 fully saturated rings. The maximum atomic E-state index is 14.0. The third-order valence-electron chi connectivity index (χ3n) is 3.65. The summed E-state index contributed by atoms with van der Waals surface area (Å²) in [5.74, 6) is -9.51. The lowest BCUT2D eigenvalue weighted by atomic mass is 10.2. The molecule has 2 rings (SSSR count). The molecule has 2 nitrogen and oxygen atoms in total. The first-order valence-electron chi connectivity index (χ1n) is 7.08. The molecule has 0 aromatic heterocycles. The largest absolute Gasteiger partial charge is 0.496 e. The van der Waals surface area contributed by atoms with Gasteiger partial charge in [-0.2, -0.15) is 0 Å². The SMILES string of the molecule is COc1cc(Cl)ccc1CO[Si](C)(C)c1c(F)c(F)c(F)c(F)c1F. The predicted molar refractivity (Wildman–Crippen MR) is 86.1 cm³/mol. The zero-order valence-corrected chi connectivity index (χ0v) is 15.3. The first-order chi connectivity index (χ1) is 11.6. The second-order valence-corrected chi connectivity index (χ2v) is 9.95. The molecule has 2 aromatic rings. The van der Waals surface area contributed by atoms with Crippen LogP contribution in [0.1, 0.15) is 5.56 Å². The summed E-state index contributed by atoms with van der Waals surface area (Å²) in [6.45, 7) is 2.54. The van der Waals surface area contributed by atoms with E-state index >= 15 is 0 Å². The number of methoxy groups -OCH3 is 1. The number of ether oxygens (including phenoxy) is 1. The Kier molecular flexibility index (Phi) is 5.75. The van der Waals surface area contributed by atoms with Crippen molar-refractivity contribution in [1.82, 2.24) is 0 Å². The van der Waals surface area contributed by atoms with Gasteiger partial charge in [-0.05, 0) is 25.2 Å². The van der Waals surface area contributed by atoms with E-state index in [2.05, 4.69) is 0 Å². The molecule has 25 heavy (non-hydrogen) atoms. The van der Waals surface area contributed by atoms with Gasteiger partial charge in [0.25, 0.3) is 0 Å². The smallest absolute Gasteiger partial charge is 0.225 e. The summed E-state index contributed by atoms with van der Waals surface area (Å²) in [6.07, 6.45) is 0. The lowest BCUT2D eigenvalue weighted by Gasteiger charge is -2.25. The van der Waals surface area contributed by atoms with Crippen molar-refractivity contribution in [3.8, 4) is 5.75 Å². The first kappa shape index (κ1) is 19.7. The summed E-state index contributed by atoms with van der Waals surface area (Å²) >= 11 is 5.84. The maximum absolute atomic E-state index is 14.0. The highest BCUT2D eigenvalue weighted by Gasteiger charge is 2.38. The summed E-state index contributed by atoms with van der Waals surface area (Å²) in [6, 6.07) is 4.67. The van der Waals surface area contributed by atoms with Gasteiger partial charge in [0.05, 0.1) is 13.7 Å². The van der Waals surface area contributed by atoms with Crippen LogP contribution in [0.2, 0.25) is 18.1 Å². The summed E-state index contributed by atoms with van der Waals surface area (Å²) in [5, 5.41) is -0.492. The Balaban J connectivity index is 2.38. The van der Waals surface area contributed by atoms with E-state index in [1.54, 1.807) is 12.1 Å². The van der Waals surface area contributed by atoms with Crippen molar-refractivity contribution in [2.24, 2.45) is 0 Å². The van der Waals surface area contributed by atoms with Crippen LogP contribution in [0.3, 0.4) is 0 Å². The molecular formula is C16H14ClF5O2Si. The second-order valence-electron chi connectivity index (χ2n) is 5.70. The topological polar surface area (TPSA) is 18.5 Å². The van der Waals surface area contributed by atoms with Gasteiger partial charge in [-0.3, -0.25) is 0 Å². The maximum Gasteiger partial charge on any atom is 0.225 e. The van der Waals surface area contributed by atoms with Crippen LogP contribution in [0.5, 0.6) is 5.75 Å². The van der Waals surface area contributed by atoms with Gasteiger partial charge in [0.15, 0.2) is 23.3 Å². The third kappa shape index (κ3) is 3.80. The molecule has 136 valence electrons. The van der Waals surface area contributed by atoms with Crippen LogP contribution in [-0.2, 0) is 11.0 Å². The Morgan fingerprint density at radius 3 is 1.96 bits per heavy atom. The predicted octanol–water partition coefficient (Wildman–Crippen LogP) is 4.67. The van der Waals surface area contributed by atoms with E-state index in [1.807, 2.05) is 0 Å².